The van der Waals surface area contributed by atoms with Crippen LogP contribution in [0.5, 0.6) is 0 Å². The summed E-state index contributed by atoms with van der Waals surface area (Å²) in [5, 5.41) is 0.791. The maximum absolute atomic E-state index is 13.5. The number of carbonyl (C=O) groups is 1. The van der Waals surface area contributed by atoms with Gasteiger partial charge in [-0.15, -0.1) is 0 Å². The first-order valence-electron chi connectivity index (χ1n) is 10.9. The lowest BCUT2D eigenvalue weighted by Crippen LogP contribution is -2.58. The van der Waals surface area contributed by atoms with E-state index >= 15 is 0 Å². The van der Waals surface area contributed by atoms with Gasteiger partial charge in [-0.2, -0.15) is 13.2 Å². The average Bonchev–Trinajstić information content (AvgIpc) is 2.78. The molecule has 3 aromatic rings. The molecule has 1 fully saturated rings. The molecular formula is C25H25F4N3O. The summed E-state index contributed by atoms with van der Waals surface area (Å²) in [5.41, 5.74) is 3.20. The van der Waals surface area contributed by atoms with Gasteiger partial charge < -0.3 is 0 Å². The predicted octanol–water partition coefficient (Wildman–Crippen LogP) is 5.31. The van der Waals surface area contributed by atoms with Crippen molar-refractivity contribution < 1.29 is 22.4 Å². The standard InChI is InChI=1S/C25H25F4N3O/c1-3-32-11-10-31(15-24(32)25(27,28)29)14-17-4-9-20-21(18-5-7-19(26)8-6-18)13-22(16(2)33)30-23(20)12-17/h4-9,12-13,24H,3,10-11,14-15H2,1-2H3. The Morgan fingerprint density at radius 2 is 1.82 bits per heavy atom. The largest absolute Gasteiger partial charge is 0.405 e. The van der Waals surface area contributed by atoms with E-state index in [1.54, 1.807) is 30.0 Å². The van der Waals surface area contributed by atoms with Crippen molar-refractivity contribution in [2.75, 3.05) is 26.2 Å². The van der Waals surface area contributed by atoms with Crippen LogP contribution in [0.15, 0.2) is 48.5 Å². The van der Waals surface area contributed by atoms with Crippen molar-refractivity contribution in [2.24, 2.45) is 0 Å². The zero-order chi connectivity index (χ0) is 23.8. The molecule has 2 aromatic carbocycles. The van der Waals surface area contributed by atoms with Crippen LogP contribution in [0.2, 0.25) is 0 Å². The number of rotatable bonds is 5. The number of Topliss-reactive ketones (excluding diaryl/α,β-unsaturated/α-hetero) is 1. The third kappa shape index (κ3) is 5.07. The number of likely N-dealkylation sites (N-methyl/N-ethyl adjacent to an activating group) is 1. The molecule has 0 N–H and O–H groups in total. The zero-order valence-corrected chi connectivity index (χ0v) is 18.5. The first kappa shape index (κ1) is 23.3. The quantitative estimate of drug-likeness (QED) is 0.383. The maximum atomic E-state index is 13.5. The van der Waals surface area contributed by atoms with Gasteiger partial charge in [0.2, 0.25) is 0 Å². The van der Waals surface area contributed by atoms with Crippen LogP contribution in [0.4, 0.5) is 17.6 Å². The number of benzene rings is 2. The monoisotopic (exact) mass is 459 g/mol. The summed E-state index contributed by atoms with van der Waals surface area (Å²) >= 11 is 0. The van der Waals surface area contributed by atoms with Crippen molar-refractivity contribution in [2.45, 2.75) is 32.6 Å². The van der Waals surface area contributed by atoms with Crippen molar-refractivity contribution in [3.63, 3.8) is 0 Å². The Bertz CT molecular complexity index is 1160. The second kappa shape index (κ2) is 9.19. The molecule has 0 saturated carbocycles. The highest BCUT2D eigenvalue weighted by molar-refractivity contribution is 6.01. The van der Waals surface area contributed by atoms with E-state index in [9.17, 15) is 22.4 Å². The van der Waals surface area contributed by atoms with E-state index in [1.807, 2.05) is 18.2 Å². The fourth-order valence-electron chi connectivity index (χ4n) is 4.39. The number of halogens is 4. The van der Waals surface area contributed by atoms with Gasteiger partial charge in [-0.05, 0) is 47.5 Å². The SMILES string of the molecule is CCN1CCN(Cc2ccc3c(-c4ccc(F)cc4)cc(C(C)=O)nc3c2)CC1C(F)(F)F. The molecule has 1 atom stereocenters. The van der Waals surface area contributed by atoms with Crippen LogP contribution < -0.4 is 0 Å². The Morgan fingerprint density at radius 3 is 2.45 bits per heavy atom. The minimum atomic E-state index is -4.28. The van der Waals surface area contributed by atoms with Gasteiger partial charge in [0.15, 0.2) is 5.78 Å². The van der Waals surface area contributed by atoms with Gasteiger partial charge in [0.25, 0.3) is 0 Å². The summed E-state index contributed by atoms with van der Waals surface area (Å²) in [4.78, 5) is 19.8. The van der Waals surface area contributed by atoms with E-state index in [2.05, 4.69) is 4.98 Å². The molecule has 0 amide bonds. The number of alkyl halides is 3. The van der Waals surface area contributed by atoms with Gasteiger partial charge in [0.1, 0.15) is 17.6 Å². The highest BCUT2D eigenvalue weighted by Crippen LogP contribution is 2.31. The van der Waals surface area contributed by atoms with Crippen molar-refractivity contribution in [1.82, 2.24) is 14.8 Å². The fourth-order valence-corrected chi connectivity index (χ4v) is 4.39. The summed E-state index contributed by atoms with van der Waals surface area (Å²) in [6.07, 6.45) is -4.28. The summed E-state index contributed by atoms with van der Waals surface area (Å²) in [6.45, 7) is 4.70. The van der Waals surface area contributed by atoms with E-state index < -0.39 is 12.2 Å². The Morgan fingerprint density at radius 1 is 1.09 bits per heavy atom. The number of piperazine rings is 1. The first-order chi connectivity index (χ1) is 15.7. The molecule has 174 valence electrons. The van der Waals surface area contributed by atoms with Crippen LogP contribution in [0.3, 0.4) is 0 Å². The van der Waals surface area contributed by atoms with Crippen LogP contribution in [-0.2, 0) is 6.54 Å². The van der Waals surface area contributed by atoms with E-state index in [4.69, 9.17) is 0 Å². The molecule has 1 saturated heterocycles. The molecule has 1 aliphatic heterocycles. The van der Waals surface area contributed by atoms with Crippen LogP contribution in [0.1, 0.15) is 29.9 Å². The van der Waals surface area contributed by atoms with E-state index in [0.29, 0.717) is 31.7 Å². The summed E-state index contributed by atoms with van der Waals surface area (Å²) < 4.78 is 54.0. The molecular weight excluding hydrogens is 434 g/mol. The molecule has 8 heteroatoms. The van der Waals surface area contributed by atoms with Gasteiger partial charge in [0, 0.05) is 38.5 Å². The van der Waals surface area contributed by atoms with Crippen LogP contribution in [0.25, 0.3) is 22.0 Å². The molecule has 0 spiro atoms. The molecule has 33 heavy (non-hydrogen) atoms. The minimum absolute atomic E-state index is 0.0862. The molecule has 4 nitrogen and oxygen atoms in total. The second-order valence-corrected chi connectivity index (χ2v) is 8.39. The van der Waals surface area contributed by atoms with Crippen LogP contribution >= 0.6 is 0 Å². The molecule has 1 aliphatic rings. The number of ketones is 1. The Balaban J connectivity index is 1.66. The van der Waals surface area contributed by atoms with E-state index in [-0.39, 0.29) is 23.8 Å². The molecule has 1 aromatic heterocycles. The normalized spacial score (nSPS) is 18.1. The molecule has 0 bridgehead atoms. The van der Waals surface area contributed by atoms with Gasteiger partial charge in [-0.25, -0.2) is 9.37 Å². The molecule has 1 unspecified atom stereocenters. The number of nitrogens with zero attached hydrogens (tertiary/aromatic N) is 3. The number of hydrogen-bond acceptors (Lipinski definition) is 4. The van der Waals surface area contributed by atoms with Crippen LogP contribution in [0, 0.1) is 5.82 Å². The Labute approximate surface area is 189 Å². The van der Waals surface area contributed by atoms with Crippen molar-refractivity contribution >= 4 is 16.7 Å². The average molecular weight is 459 g/mol. The predicted molar refractivity (Wildman–Crippen MR) is 120 cm³/mol. The Hall–Kier alpha value is -2.84. The summed E-state index contributed by atoms with van der Waals surface area (Å²) in [5.74, 6) is -0.555. The highest BCUT2D eigenvalue weighted by Gasteiger charge is 2.45. The van der Waals surface area contributed by atoms with Crippen molar-refractivity contribution in [3.8, 4) is 11.1 Å². The topological polar surface area (TPSA) is 36.4 Å². The number of carbonyl (C=O) groups excluding carboxylic acids is 1. The van der Waals surface area contributed by atoms with Gasteiger partial charge in [-0.1, -0.05) is 31.2 Å². The molecule has 4 rings (SSSR count). The van der Waals surface area contributed by atoms with Crippen LogP contribution in [-0.4, -0.2) is 59.0 Å². The highest BCUT2D eigenvalue weighted by atomic mass is 19.4. The summed E-state index contributed by atoms with van der Waals surface area (Å²) in [6, 6.07) is 11.8. The fraction of sp³-hybridized carbons (Fsp3) is 0.360. The van der Waals surface area contributed by atoms with Gasteiger partial charge >= 0.3 is 6.18 Å². The van der Waals surface area contributed by atoms with Gasteiger partial charge in [-0.3, -0.25) is 14.6 Å². The number of pyridine rings is 1. The lowest BCUT2D eigenvalue weighted by atomic mass is 9.98. The molecule has 2 heterocycles. The maximum Gasteiger partial charge on any atom is 0.405 e. The molecule has 0 aliphatic carbocycles. The number of aromatic nitrogens is 1. The van der Waals surface area contributed by atoms with Gasteiger partial charge in [0.05, 0.1) is 5.52 Å². The first-order valence-corrected chi connectivity index (χ1v) is 10.9. The number of fused-ring (bicyclic) bond motifs is 1. The lowest BCUT2D eigenvalue weighted by molar-refractivity contribution is -0.197. The molecule has 0 radical (unpaired) electrons. The zero-order valence-electron chi connectivity index (χ0n) is 18.5. The third-order valence-corrected chi connectivity index (χ3v) is 6.16. The van der Waals surface area contributed by atoms with E-state index in [0.717, 1.165) is 22.1 Å². The van der Waals surface area contributed by atoms with Crippen molar-refractivity contribution in [3.05, 3.63) is 65.6 Å². The lowest BCUT2D eigenvalue weighted by Gasteiger charge is -2.41. The van der Waals surface area contributed by atoms with E-state index in [1.165, 1.54) is 24.0 Å². The smallest absolute Gasteiger partial charge is 0.296 e. The number of hydrogen-bond donors (Lipinski definition) is 0. The second-order valence-electron chi connectivity index (χ2n) is 8.39. The van der Waals surface area contributed by atoms with Crippen molar-refractivity contribution in [1.29, 1.82) is 0 Å². The summed E-state index contributed by atoms with van der Waals surface area (Å²) in [7, 11) is 0. The minimum Gasteiger partial charge on any atom is -0.296 e. The Kier molecular flexibility index (Phi) is 6.50. The third-order valence-electron chi connectivity index (χ3n) is 6.16.